The van der Waals surface area contributed by atoms with E-state index in [9.17, 15) is 42.4 Å². The molecular weight excluding hydrogens is 681 g/mol. The first-order valence-corrected chi connectivity index (χ1v) is 16.6. The number of aromatic hydroxyl groups is 4. The molecule has 0 spiro atoms. The minimum atomic E-state index is -4.72. The van der Waals surface area contributed by atoms with Crippen LogP contribution in [-0.4, -0.2) is 30.4 Å². The number of hydrogen-bond acceptors (Lipinski definition) is 7. The lowest BCUT2D eigenvalue weighted by Gasteiger charge is -2.15. The van der Waals surface area contributed by atoms with Crippen LogP contribution in [0.25, 0.3) is 44.2 Å². The number of fused-ring (bicyclic) bond motifs is 2. The van der Waals surface area contributed by atoms with Crippen LogP contribution >= 0.6 is 0 Å². The van der Waals surface area contributed by atoms with E-state index in [0.29, 0.717) is 33.3 Å². The van der Waals surface area contributed by atoms with Crippen molar-refractivity contribution < 1.29 is 42.4 Å². The molecule has 0 radical (unpaired) electrons. The van der Waals surface area contributed by atoms with Crippen molar-refractivity contribution >= 4 is 27.5 Å². The topological polar surface area (TPSA) is 133 Å². The van der Waals surface area contributed by atoms with E-state index in [1.54, 1.807) is 38.1 Å². The zero-order chi connectivity index (χ0) is 38.7. The Hall–Kier alpha value is -5.65. The fourth-order valence-corrected chi connectivity index (χ4v) is 5.83. The van der Waals surface area contributed by atoms with E-state index >= 15 is 0 Å². The van der Waals surface area contributed by atoms with E-state index in [4.69, 9.17) is 5.73 Å². The molecule has 52 heavy (non-hydrogen) atoms. The van der Waals surface area contributed by atoms with Gasteiger partial charge in [-0.15, -0.1) is 0 Å². The quantitative estimate of drug-likeness (QED) is 0.0884. The van der Waals surface area contributed by atoms with E-state index in [0.717, 1.165) is 30.7 Å². The van der Waals surface area contributed by atoms with Crippen LogP contribution in [0.4, 0.5) is 27.6 Å². The van der Waals surface area contributed by atoms with Crippen molar-refractivity contribution in [3.63, 3.8) is 0 Å². The van der Waals surface area contributed by atoms with Gasteiger partial charge >= 0.3 is 6.18 Å². The summed E-state index contributed by atoms with van der Waals surface area (Å²) in [6, 6.07) is 14.0. The first-order valence-electron chi connectivity index (χ1n) is 16.6. The molecule has 0 fully saturated rings. The highest BCUT2D eigenvalue weighted by atomic mass is 19.4. The third kappa shape index (κ3) is 8.28. The largest absolute Gasteiger partial charge is 0.507 e. The second kappa shape index (κ2) is 15.7. The summed E-state index contributed by atoms with van der Waals surface area (Å²) in [4.78, 5) is 8.27. The van der Waals surface area contributed by atoms with E-state index in [1.165, 1.54) is 24.4 Å². The molecule has 0 aliphatic rings. The van der Waals surface area contributed by atoms with Crippen LogP contribution in [0.15, 0.2) is 72.9 Å². The molecule has 6 N–H and O–H groups in total. The van der Waals surface area contributed by atoms with E-state index in [1.807, 2.05) is 27.7 Å². The van der Waals surface area contributed by atoms with Gasteiger partial charge < -0.3 is 26.2 Å². The number of benzene rings is 4. The first-order chi connectivity index (χ1) is 24.5. The van der Waals surface area contributed by atoms with E-state index < -0.39 is 23.4 Å². The van der Waals surface area contributed by atoms with Crippen LogP contribution < -0.4 is 5.73 Å². The highest BCUT2D eigenvalue weighted by molar-refractivity contribution is 5.88. The summed E-state index contributed by atoms with van der Waals surface area (Å²) in [6.07, 6.45) is -2.40. The molecule has 1 atom stereocenters. The second-order valence-corrected chi connectivity index (χ2v) is 12.3. The maximum absolute atomic E-state index is 13.9. The Kier molecular flexibility index (Phi) is 11.8. The number of halogens is 5. The van der Waals surface area contributed by atoms with Crippen molar-refractivity contribution in [3.05, 3.63) is 101 Å². The molecule has 0 amide bonds. The fourth-order valence-electron chi connectivity index (χ4n) is 5.83. The maximum Gasteiger partial charge on any atom is 0.417 e. The van der Waals surface area contributed by atoms with Crippen molar-refractivity contribution in [2.24, 2.45) is 0 Å². The van der Waals surface area contributed by atoms with Gasteiger partial charge in [0.25, 0.3) is 0 Å². The monoisotopic (exact) mass is 721 g/mol. The number of anilines is 1. The predicted molar refractivity (Wildman–Crippen MR) is 194 cm³/mol. The average molecular weight is 722 g/mol. The number of phenolic OH excluding ortho intramolecular Hbond substituents is 4. The van der Waals surface area contributed by atoms with Gasteiger partial charge in [-0.25, -0.2) is 13.8 Å². The van der Waals surface area contributed by atoms with Crippen molar-refractivity contribution in [1.82, 2.24) is 9.97 Å². The molecule has 12 heteroatoms. The van der Waals surface area contributed by atoms with Crippen LogP contribution in [0.3, 0.4) is 0 Å². The Morgan fingerprint density at radius 1 is 0.731 bits per heavy atom. The normalized spacial score (nSPS) is 11.9. The summed E-state index contributed by atoms with van der Waals surface area (Å²) in [5, 5.41) is 41.0. The molecule has 0 aliphatic carbocycles. The van der Waals surface area contributed by atoms with E-state index in [2.05, 4.69) is 9.97 Å². The molecular formula is C40H40F5N3O4. The minimum Gasteiger partial charge on any atom is -0.507 e. The first kappa shape index (κ1) is 39.1. The molecule has 2 heterocycles. The lowest BCUT2D eigenvalue weighted by molar-refractivity contribution is -0.136. The minimum absolute atomic E-state index is 0.0388. The van der Waals surface area contributed by atoms with Crippen LogP contribution in [0.5, 0.6) is 23.0 Å². The molecule has 0 bridgehead atoms. The molecule has 6 aromatic rings. The van der Waals surface area contributed by atoms with Crippen LogP contribution in [0, 0.1) is 11.6 Å². The van der Waals surface area contributed by atoms with Gasteiger partial charge in [0.2, 0.25) is 0 Å². The SMILES string of the molecule is CC.CC(C)c1c(O)cc(-c2cc(C(F)(F)F)c3cc(F)ccc3n2)cc1O.CCC(C)c1c(O)cc(-c2cnc3c(F)cc(N)cc3c2)cc1O. The summed E-state index contributed by atoms with van der Waals surface area (Å²) in [6.45, 7) is 11.5. The van der Waals surface area contributed by atoms with Crippen LogP contribution in [0.1, 0.15) is 76.5 Å². The Morgan fingerprint density at radius 2 is 1.31 bits per heavy atom. The number of hydrogen-bond donors (Lipinski definition) is 5. The molecule has 2 aromatic heterocycles. The highest BCUT2D eigenvalue weighted by Crippen LogP contribution is 2.42. The number of rotatable bonds is 5. The number of nitrogens with two attached hydrogens (primary N) is 1. The summed E-state index contributed by atoms with van der Waals surface area (Å²) in [5.74, 6) is -1.79. The highest BCUT2D eigenvalue weighted by Gasteiger charge is 2.34. The lowest BCUT2D eigenvalue weighted by Crippen LogP contribution is -2.07. The van der Waals surface area contributed by atoms with Crippen molar-refractivity contribution in [3.8, 4) is 45.4 Å². The van der Waals surface area contributed by atoms with Crippen molar-refractivity contribution in [1.29, 1.82) is 0 Å². The van der Waals surface area contributed by atoms with Gasteiger partial charge in [-0.1, -0.05) is 41.5 Å². The van der Waals surface area contributed by atoms with Gasteiger partial charge in [0.05, 0.1) is 16.8 Å². The number of phenols is 4. The number of nitrogen functional groups attached to an aromatic ring is 1. The van der Waals surface area contributed by atoms with Crippen molar-refractivity contribution in [2.75, 3.05) is 5.73 Å². The average Bonchev–Trinajstić information content (AvgIpc) is 3.07. The molecule has 0 saturated carbocycles. The Morgan fingerprint density at radius 3 is 1.87 bits per heavy atom. The van der Waals surface area contributed by atoms with Crippen LogP contribution in [0.2, 0.25) is 0 Å². The summed E-state index contributed by atoms with van der Waals surface area (Å²) in [5.41, 5.74) is 7.29. The van der Waals surface area contributed by atoms with Gasteiger partial charge in [-0.2, -0.15) is 13.2 Å². The van der Waals surface area contributed by atoms with Crippen LogP contribution in [-0.2, 0) is 6.18 Å². The molecule has 274 valence electrons. The van der Waals surface area contributed by atoms with Gasteiger partial charge in [-0.3, -0.25) is 4.98 Å². The Labute approximate surface area is 297 Å². The second-order valence-electron chi connectivity index (χ2n) is 12.3. The number of nitrogens with zero attached hydrogens (tertiary/aromatic N) is 2. The Bertz CT molecular complexity index is 2190. The zero-order valence-corrected chi connectivity index (χ0v) is 29.4. The number of pyridine rings is 2. The lowest BCUT2D eigenvalue weighted by atomic mass is 9.93. The van der Waals surface area contributed by atoms with E-state index in [-0.39, 0.29) is 62.5 Å². The standard InChI is InChI=1S/C19H15F4NO2.C19H19FN2O2.C2H6/c1-9(2)18-16(25)5-10(6-17(18)26)15-8-13(19(21,22)23)12-7-11(20)3-4-14(12)24-15;1-3-10(2)18-16(23)6-11(7-17(18)24)13-4-12-5-14(21)8-15(20)19(12)22-9-13;1-2/h3-9,25-26H,1-2H3;4-10,23-24H,3,21H2,1-2H3;1-2H3. The molecule has 6 rings (SSSR count). The van der Waals surface area contributed by atoms with Crippen molar-refractivity contribution in [2.45, 2.75) is 66.0 Å². The molecule has 1 unspecified atom stereocenters. The number of alkyl halides is 3. The Balaban J connectivity index is 0.000000223. The van der Waals surface area contributed by atoms with Gasteiger partial charge in [0.1, 0.15) is 34.3 Å². The molecule has 0 saturated heterocycles. The summed E-state index contributed by atoms with van der Waals surface area (Å²) in [7, 11) is 0. The smallest absolute Gasteiger partial charge is 0.417 e. The van der Waals surface area contributed by atoms with Gasteiger partial charge in [0.15, 0.2) is 5.82 Å². The number of aromatic nitrogens is 2. The summed E-state index contributed by atoms with van der Waals surface area (Å²) < 4.78 is 67.5. The maximum atomic E-state index is 13.9. The molecule has 0 aliphatic heterocycles. The summed E-state index contributed by atoms with van der Waals surface area (Å²) >= 11 is 0. The van der Waals surface area contributed by atoms with Gasteiger partial charge in [0, 0.05) is 44.9 Å². The molecule has 4 aromatic carbocycles. The third-order valence-electron chi connectivity index (χ3n) is 8.42. The molecule has 7 nitrogen and oxygen atoms in total. The predicted octanol–water partition coefficient (Wildman–Crippen LogP) is 11.2. The zero-order valence-electron chi connectivity index (χ0n) is 29.4. The fraction of sp³-hybridized carbons (Fsp3) is 0.250. The van der Waals surface area contributed by atoms with Gasteiger partial charge in [-0.05, 0) is 90.6 Å². The third-order valence-corrected chi connectivity index (χ3v) is 8.42.